The van der Waals surface area contributed by atoms with E-state index >= 15 is 0 Å². The van der Waals surface area contributed by atoms with Crippen LogP contribution in [0, 0.1) is 12.8 Å². The molecule has 0 bridgehead atoms. The second-order valence-corrected chi connectivity index (χ2v) is 8.14. The molecule has 7 nitrogen and oxygen atoms in total. The van der Waals surface area contributed by atoms with Gasteiger partial charge in [-0.1, -0.05) is 0 Å². The van der Waals surface area contributed by atoms with E-state index in [0.717, 1.165) is 47.8 Å². The quantitative estimate of drug-likeness (QED) is 0.767. The fourth-order valence-corrected chi connectivity index (χ4v) is 4.56. The van der Waals surface area contributed by atoms with E-state index in [0.29, 0.717) is 24.7 Å². The molecule has 136 valence electrons. The maximum Gasteiger partial charge on any atom is 0.272 e. The second-order valence-electron chi connectivity index (χ2n) is 7.30. The van der Waals surface area contributed by atoms with Crippen LogP contribution in [0.3, 0.4) is 0 Å². The van der Waals surface area contributed by atoms with Gasteiger partial charge in [0.25, 0.3) is 5.91 Å². The molecule has 0 aromatic carbocycles. The van der Waals surface area contributed by atoms with Gasteiger partial charge in [0.1, 0.15) is 11.8 Å². The Balaban J connectivity index is 1.42. The SMILES string of the molecule is Cc1cn2c(C(=O)N3CCCn4nc([C@H](O)C5CC5)cc4C3)csc2n1. The van der Waals surface area contributed by atoms with Gasteiger partial charge >= 0.3 is 0 Å². The number of carbonyl (C=O) groups excluding carboxylic acids is 1. The summed E-state index contributed by atoms with van der Waals surface area (Å²) < 4.78 is 3.84. The van der Waals surface area contributed by atoms with Crippen LogP contribution >= 0.6 is 11.3 Å². The molecule has 0 saturated heterocycles. The van der Waals surface area contributed by atoms with Gasteiger partial charge in [-0.2, -0.15) is 5.10 Å². The Morgan fingerprint density at radius 1 is 1.38 bits per heavy atom. The highest BCUT2D eigenvalue weighted by Gasteiger charge is 2.33. The molecular weight excluding hydrogens is 350 g/mol. The predicted octanol–water partition coefficient (Wildman–Crippen LogP) is 2.39. The number of imidazole rings is 1. The summed E-state index contributed by atoms with van der Waals surface area (Å²) in [4.78, 5) is 20.3. The monoisotopic (exact) mass is 371 g/mol. The van der Waals surface area contributed by atoms with Gasteiger partial charge in [0.15, 0.2) is 4.96 Å². The highest BCUT2D eigenvalue weighted by atomic mass is 32.1. The van der Waals surface area contributed by atoms with Crippen LogP contribution in [0.15, 0.2) is 17.6 Å². The summed E-state index contributed by atoms with van der Waals surface area (Å²) >= 11 is 1.49. The largest absolute Gasteiger partial charge is 0.386 e. The Labute approximate surface area is 154 Å². The zero-order chi connectivity index (χ0) is 17.8. The molecule has 1 atom stereocenters. The summed E-state index contributed by atoms with van der Waals surface area (Å²) in [6.45, 7) is 3.94. The number of thiazole rings is 1. The van der Waals surface area contributed by atoms with Crippen molar-refractivity contribution < 1.29 is 9.90 Å². The van der Waals surface area contributed by atoms with Crippen LogP contribution < -0.4 is 0 Å². The number of amides is 1. The van der Waals surface area contributed by atoms with Crippen LogP contribution in [-0.4, -0.2) is 41.6 Å². The lowest BCUT2D eigenvalue weighted by atomic mass is 10.1. The van der Waals surface area contributed by atoms with E-state index in [2.05, 4.69) is 10.1 Å². The molecule has 4 heterocycles. The summed E-state index contributed by atoms with van der Waals surface area (Å²) in [6, 6.07) is 1.97. The Morgan fingerprint density at radius 2 is 2.23 bits per heavy atom. The van der Waals surface area contributed by atoms with E-state index < -0.39 is 6.10 Å². The number of aliphatic hydroxyl groups is 1. The Kier molecular flexibility index (Phi) is 3.65. The van der Waals surface area contributed by atoms with Crippen molar-refractivity contribution in [3.8, 4) is 0 Å². The van der Waals surface area contributed by atoms with Crippen LogP contribution in [0.5, 0.6) is 0 Å². The molecule has 0 spiro atoms. The average Bonchev–Trinajstić information content (AvgIpc) is 3.22. The first-order valence-electron chi connectivity index (χ1n) is 9.07. The van der Waals surface area contributed by atoms with Crippen LogP contribution in [0.1, 0.15) is 52.9 Å². The van der Waals surface area contributed by atoms with Gasteiger partial charge < -0.3 is 10.0 Å². The first-order valence-corrected chi connectivity index (χ1v) is 9.95. The van der Waals surface area contributed by atoms with Crippen LogP contribution in [-0.2, 0) is 13.1 Å². The molecule has 1 amide bonds. The summed E-state index contributed by atoms with van der Waals surface area (Å²) in [6.07, 6.45) is 4.45. The lowest BCUT2D eigenvalue weighted by Crippen LogP contribution is -2.31. The third kappa shape index (κ3) is 2.64. The molecule has 3 aromatic rings. The second kappa shape index (κ2) is 5.92. The van der Waals surface area contributed by atoms with E-state index in [1.165, 1.54) is 11.3 Å². The van der Waals surface area contributed by atoms with Gasteiger partial charge in [0.2, 0.25) is 0 Å². The van der Waals surface area contributed by atoms with Gasteiger partial charge in [-0.25, -0.2) is 4.98 Å². The number of carbonyl (C=O) groups is 1. The van der Waals surface area contributed by atoms with Crippen LogP contribution in [0.25, 0.3) is 4.96 Å². The average molecular weight is 371 g/mol. The van der Waals surface area contributed by atoms with Gasteiger partial charge in [0, 0.05) is 24.7 Å². The first-order chi connectivity index (χ1) is 12.6. The summed E-state index contributed by atoms with van der Waals surface area (Å²) in [5.74, 6) is 0.378. The molecule has 8 heteroatoms. The number of hydrogen-bond donors (Lipinski definition) is 1. The van der Waals surface area contributed by atoms with E-state index in [1.807, 2.05) is 38.5 Å². The van der Waals surface area contributed by atoms with Crippen molar-refractivity contribution in [3.63, 3.8) is 0 Å². The fraction of sp³-hybridized carbons (Fsp3) is 0.500. The van der Waals surface area contributed by atoms with Crippen molar-refractivity contribution in [1.82, 2.24) is 24.1 Å². The highest BCUT2D eigenvalue weighted by Crippen LogP contribution is 2.40. The van der Waals surface area contributed by atoms with Crippen LogP contribution in [0.2, 0.25) is 0 Å². The molecule has 1 N–H and O–H groups in total. The van der Waals surface area contributed by atoms with Crippen molar-refractivity contribution in [3.05, 3.63) is 40.4 Å². The molecule has 2 aliphatic rings. The number of hydrogen-bond acceptors (Lipinski definition) is 5. The Morgan fingerprint density at radius 3 is 3.04 bits per heavy atom. The van der Waals surface area contributed by atoms with Crippen LogP contribution in [0.4, 0.5) is 0 Å². The number of aromatic nitrogens is 4. The minimum absolute atomic E-state index is 0.0209. The minimum atomic E-state index is -0.469. The number of rotatable bonds is 3. The zero-order valence-electron chi connectivity index (χ0n) is 14.6. The van der Waals surface area contributed by atoms with Crippen molar-refractivity contribution >= 4 is 22.2 Å². The number of aliphatic hydroxyl groups excluding tert-OH is 1. The van der Waals surface area contributed by atoms with E-state index in [9.17, 15) is 9.90 Å². The van der Waals surface area contributed by atoms with Gasteiger partial charge in [-0.05, 0) is 38.2 Å². The van der Waals surface area contributed by atoms with Gasteiger partial charge in [0.05, 0.1) is 23.6 Å². The van der Waals surface area contributed by atoms with E-state index in [1.54, 1.807) is 0 Å². The van der Waals surface area contributed by atoms with Crippen molar-refractivity contribution in [2.45, 2.75) is 45.4 Å². The van der Waals surface area contributed by atoms with Crippen molar-refractivity contribution in [2.24, 2.45) is 5.92 Å². The molecule has 1 aliphatic carbocycles. The molecule has 3 aromatic heterocycles. The predicted molar refractivity (Wildman–Crippen MR) is 97.1 cm³/mol. The third-order valence-electron chi connectivity index (χ3n) is 5.24. The lowest BCUT2D eigenvalue weighted by Gasteiger charge is -2.19. The van der Waals surface area contributed by atoms with E-state index in [4.69, 9.17) is 0 Å². The van der Waals surface area contributed by atoms with E-state index in [-0.39, 0.29) is 5.91 Å². The topological polar surface area (TPSA) is 75.7 Å². The number of nitrogens with zero attached hydrogens (tertiary/aromatic N) is 5. The molecular formula is C18H21N5O2S. The maximum absolute atomic E-state index is 13.1. The molecule has 26 heavy (non-hydrogen) atoms. The fourth-order valence-electron chi connectivity index (χ4n) is 3.67. The van der Waals surface area contributed by atoms with Gasteiger partial charge in [-0.3, -0.25) is 13.9 Å². The number of fused-ring (bicyclic) bond motifs is 2. The molecule has 5 rings (SSSR count). The Bertz CT molecular complexity index is 983. The third-order valence-corrected chi connectivity index (χ3v) is 6.08. The first kappa shape index (κ1) is 16.0. The number of aryl methyl sites for hydroxylation is 2. The highest BCUT2D eigenvalue weighted by molar-refractivity contribution is 7.15. The molecule has 1 fully saturated rings. The summed E-state index contributed by atoms with van der Waals surface area (Å²) in [5, 5.41) is 16.8. The molecule has 1 saturated carbocycles. The standard InChI is InChI=1S/C18H21N5O2S/c1-11-8-22-15(10-26-18(22)19-11)17(25)21-5-2-6-23-13(9-21)7-14(20-23)16(24)12-3-4-12/h7-8,10,12,16,24H,2-6,9H2,1H3/t16-/m1/s1. The normalized spacial score (nSPS) is 18.8. The smallest absolute Gasteiger partial charge is 0.272 e. The van der Waals surface area contributed by atoms with Crippen molar-refractivity contribution in [1.29, 1.82) is 0 Å². The Hall–Kier alpha value is -2.19. The van der Waals surface area contributed by atoms with Gasteiger partial charge in [-0.15, -0.1) is 11.3 Å². The summed E-state index contributed by atoms with van der Waals surface area (Å²) in [7, 11) is 0. The molecule has 0 unspecified atom stereocenters. The summed E-state index contributed by atoms with van der Waals surface area (Å²) in [5.41, 5.74) is 3.33. The lowest BCUT2D eigenvalue weighted by molar-refractivity contribution is 0.0739. The van der Waals surface area contributed by atoms with Crippen molar-refractivity contribution in [2.75, 3.05) is 6.54 Å². The molecule has 1 aliphatic heterocycles. The minimum Gasteiger partial charge on any atom is -0.386 e. The maximum atomic E-state index is 13.1. The molecule has 0 radical (unpaired) electrons. The zero-order valence-corrected chi connectivity index (χ0v) is 15.4.